The first kappa shape index (κ1) is 15.6. The Balaban J connectivity index is 2.20. The van der Waals surface area contributed by atoms with Crippen LogP contribution in [0.15, 0.2) is 22.7 Å². The third-order valence-electron chi connectivity index (χ3n) is 3.76. The average Bonchev–Trinajstić information content (AvgIpc) is 2.85. The highest BCUT2D eigenvalue weighted by atomic mass is 79.9. The maximum atomic E-state index is 12.4. The van der Waals surface area contributed by atoms with Crippen LogP contribution in [0.3, 0.4) is 0 Å². The van der Waals surface area contributed by atoms with Crippen LogP contribution in [-0.2, 0) is 4.79 Å². The second-order valence-corrected chi connectivity index (χ2v) is 5.96. The fourth-order valence-electron chi connectivity index (χ4n) is 2.42. The molecule has 114 valence electrons. The first-order valence-corrected chi connectivity index (χ1v) is 7.33. The van der Waals surface area contributed by atoms with E-state index in [-0.39, 0.29) is 0 Å². The summed E-state index contributed by atoms with van der Waals surface area (Å²) < 4.78 is 5.82. The highest BCUT2D eigenvalue weighted by molar-refractivity contribution is 9.10. The summed E-state index contributed by atoms with van der Waals surface area (Å²) in [7, 11) is 1.54. The van der Waals surface area contributed by atoms with E-state index in [1.807, 2.05) is 0 Å². The zero-order valence-electron chi connectivity index (χ0n) is 11.9. The molecule has 0 radical (unpaired) electrons. The van der Waals surface area contributed by atoms with Gasteiger partial charge >= 0.3 is 12.0 Å². The van der Waals surface area contributed by atoms with Gasteiger partial charge in [0.2, 0.25) is 0 Å². The minimum absolute atomic E-state index is 0.425. The van der Waals surface area contributed by atoms with Crippen LogP contribution in [0, 0.1) is 0 Å². The third kappa shape index (κ3) is 2.97. The van der Waals surface area contributed by atoms with E-state index in [1.165, 1.54) is 12.0 Å². The van der Waals surface area contributed by atoms with Gasteiger partial charge in [0.25, 0.3) is 0 Å². The number of amides is 2. The Kier molecular flexibility index (Phi) is 4.41. The quantitative estimate of drug-likeness (QED) is 0.872. The number of carboxylic acid groups (broad SMARTS) is 1. The van der Waals surface area contributed by atoms with Gasteiger partial charge in [-0.25, -0.2) is 9.59 Å². The Labute approximate surface area is 131 Å². The summed E-state index contributed by atoms with van der Waals surface area (Å²) in [6.07, 6.45) is 1.13. The number of aliphatic carboxylic acids is 1. The predicted octanol–water partition coefficient (Wildman–Crippen LogP) is 2.93. The molecule has 1 atom stereocenters. The van der Waals surface area contributed by atoms with E-state index in [9.17, 15) is 14.7 Å². The molecule has 6 nitrogen and oxygen atoms in total. The van der Waals surface area contributed by atoms with Crippen molar-refractivity contribution in [2.45, 2.75) is 25.3 Å². The third-order valence-corrected chi connectivity index (χ3v) is 4.45. The molecular formula is C14H17BrN2O4. The van der Waals surface area contributed by atoms with Crippen molar-refractivity contribution in [2.24, 2.45) is 0 Å². The van der Waals surface area contributed by atoms with Crippen LogP contribution in [0.2, 0.25) is 0 Å². The van der Waals surface area contributed by atoms with Crippen LogP contribution in [0.5, 0.6) is 5.75 Å². The molecule has 1 heterocycles. The zero-order chi connectivity index (χ0) is 15.6. The van der Waals surface area contributed by atoms with Crippen molar-refractivity contribution in [1.29, 1.82) is 0 Å². The number of hydrogen-bond donors (Lipinski definition) is 2. The molecule has 1 aromatic carbocycles. The maximum Gasteiger partial charge on any atom is 0.329 e. The summed E-state index contributed by atoms with van der Waals surface area (Å²) in [6, 6.07) is 4.77. The molecule has 1 aliphatic heterocycles. The standard InChI is InChI=1S/C14H17BrN2O4/c1-14(12(18)19)6-3-7-17(14)13(20)16-11-8-9(21-2)4-5-10(11)15/h4-5,8H,3,6-7H2,1-2H3,(H,16,20)(H,18,19). The number of methoxy groups -OCH3 is 1. The van der Waals surface area contributed by atoms with E-state index < -0.39 is 17.5 Å². The molecular weight excluding hydrogens is 340 g/mol. The van der Waals surface area contributed by atoms with Crippen molar-refractivity contribution < 1.29 is 19.4 Å². The second-order valence-electron chi connectivity index (χ2n) is 5.11. The van der Waals surface area contributed by atoms with Crippen LogP contribution >= 0.6 is 15.9 Å². The Bertz CT molecular complexity index is 578. The van der Waals surface area contributed by atoms with Crippen molar-refractivity contribution in [3.05, 3.63) is 22.7 Å². The summed E-state index contributed by atoms with van der Waals surface area (Å²) in [4.78, 5) is 25.1. The van der Waals surface area contributed by atoms with E-state index in [1.54, 1.807) is 25.1 Å². The number of nitrogens with zero attached hydrogens (tertiary/aromatic N) is 1. The van der Waals surface area contributed by atoms with Gasteiger partial charge in [-0.1, -0.05) is 0 Å². The zero-order valence-corrected chi connectivity index (χ0v) is 13.4. The van der Waals surface area contributed by atoms with Crippen LogP contribution < -0.4 is 10.1 Å². The van der Waals surface area contributed by atoms with Crippen molar-refractivity contribution in [3.63, 3.8) is 0 Å². The molecule has 1 aliphatic rings. The lowest BCUT2D eigenvalue weighted by Gasteiger charge is -2.31. The molecule has 7 heteroatoms. The molecule has 0 aromatic heterocycles. The Hall–Kier alpha value is -1.76. The van der Waals surface area contributed by atoms with Crippen molar-refractivity contribution in [3.8, 4) is 5.75 Å². The lowest BCUT2D eigenvalue weighted by molar-refractivity contribution is -0.146. The van der Waals surface area contributed by atoms with Gasteiger partial charge in [0.1, 0.15) is 11.3 Å². The minimum atomic E-state index is -1.16. The second kappa shape index (κ2) is 5.93. The van der Waals surface area contributed by atoms with Gasteiger partial charge in [-0.2, -0.15) is 0 Å². The number of carboxylic acids is 1. The van der Waals surface area contributed by atoms with E-state index in [4.69, 9.17) is 4.74 Å². The molecule has 2 rings (SSSR count). The van der Waals surface area contributed by atoms with Crippen LogP contribution in [0.4, 0.5) is 10.5 Å². The number of likely N-dealkylation sites (tertiary alicyclic amines) is 1. The van der Waals surface area contributed by atoms with Gasteiger partial charge in [0.15, 0.2) is 0 Å². The first-order chi connectivity index (χ1) is 9.88. The molecule has 0 bridgehead atoms. The summed E-state index contributed by atoms with van der Waals surface area (Å²) in [5.74, 6) is -0.379. The summed E-state index contributed by atoms with van der Waals surface area (Å²) in [5, 5.41) is 12.1. The Morgan fingerprint density at radius 3 is 2.81 bits per heavy atom. The molecule has 1 unspecified atom stereocenters. The van der Waals surface area contributed by atoms with E-state index in [2.05, 4.69) is 21.2 Å². The van der Waals surface area contributed by atoms with Gasteiger partial charge < -0.3 is 20.1 Å². The fraction of sp³-hybridized carbons (Fsp3) is 0.429. The summed E-state index contributed by atoms with van der Waals surface area (Å²) >= 11 is 3.35. The maximum absolute atomic E-state index is 12.4. The topological polar surface area (TPSA) is 78.9 Å². The molecule has 1 saturated heterocycles. The normalized spacial score (nSPS) is 21.2. The molecule has 0 aliphatic carbocycles. The number of anilines is 1. The van der Waals surface area contributed by atoms with Crippen molar-refractivity contribution in [2.75, 3.05) is 19.0 Å². The first-order valence-electron chi connectivity index (χ1n) is 6.54. The minimum Gasteiger partial charge on any atom is -0.497 e. The lowest BCUT2D eigenvalue weighted by Crippen LogP contribution is -2.52. The molecule has 2 N–H and O–H groups in total. The highest BCUT2D eigenvalue weighted by Gasteiger charge is 2.46. The van der Waals surface area contributed by atoms with E-state index >= 15 is 0 Å². The summed E-state index contributed by atoms with van der Waals surface area (Å²) in [5.41, 5.74) is -0.617. The highest BCUT2D eigenvalue weighted by Crippen LogP contribution is 2.32. The number of carbonyl (C=O) groups excluding carboxylic acids is 1. The van der Waals surface area contributed by atoms with Crippen LogP contribution in [0.1, 0.15) is 19.8 Å². The largest absolute Gasteiger partial charge is 0.497 e. The lowest BCUT2D eigenvalue weighted by atomic mass is 10.00. The number of nitrogens with one attached hydrogen (secondary N) is 1. The van der Waals surface area contributed by atoms with Gasteiger partial charge in [-0.05, 0) is 47.8 Å². The van der Waals surface area contributed by atoms with Gasteiger partial charge in [0, 0.05) is 17.1 Å². The van der Waals surface area contributed by atoms with Crippen molar-refractivity contribution in [1.82, 2.24) is 4.90 Å². The fourth-order valence-corrected chi connectivity index (χ4v) is 2.77. The number of ether oxygens (including phenoxy) is 1. The monoisotopic (exact) mass is 356 g/mol. The molecule has 21 heavy (non-hydrogen) atoms. The Morgan fingerprint density at radius 2 is 2.19 bits per heavy atom. The number of hydrogen-bond acceptors (Lipinski definition) is 3. The predicted molar refractivity (Wildman–Crippen MR) is 81.7 cm³/mol. The molecule has 1 fully saturated rings. The smallest absolute Gasteiger partial charge is 0.329 e. The van der Waals surface area contributed by atoms with Crippen LogP contribution in [-0.4, -0.2) is 41.2 Å². The number of halogens is 1. The number of rotatable bonds is 3. The molecule has 2 amide bonds. The van der Waals surface area contributed by atoms with Gasteiger partial charge in [-0.3, -0.25) is 0 Å². The molecule has 0 saturated carbocycles. The van der Waals surface area contributed by atoms with E-state index in [0.717, 1.165) is 0 Å². The van der Waals surface area contributed by atoms with Crippen LogP contribution in [0.25, 0.3) is 0 Å². The molecule has 0 spiro atoms. The Morgan fingerprint density at radius 1 is 1.48 bits per heavy atom. The number of benzene rings is 1. The molecule has 1 aromatic rings. The van der Waals surface area contributed by atoms with Crippen molar-refractivity contribution >= 4 is 33.6 Å². The summed E-state index contributed by atoms with van der Waals surface area (Å²) in [6.45, 7) is 2.00. The van der Waals surface area contributed by atoms with Gasteiger partial charge in [0.05, 0.1) is 12.8 Å². The van der Waals surface area contributed by atoms with E-state index in [0.29, 0.717) is 35.3 Å². The SMILES string of the molecule is COc1ccc(Br)c(NC(=O)N2CCCC2(C)C(=O)O)c1. The van der Waals surface area contributed by atoms with Gasteiger partial charge in [-0.15, -0.1) is 0 Å². The average molecular weight is 357 g/mol. The number of carbonyl (C=O) groups is 2. The number of urea groups is 1.